The SMILES string of the molecule is CC[C@H](C(=O)NC1CCCCC1)N(Cc1cccc(OC)c1)C(=O)CN(c1ccc(OC)c(Cl)c1)S(=O)(=O)c1ccccc1. The zero-order valence-electron chi connectivity index (χ0n) is 25.4. The molecule has 2 amide bonds. The van der Waals surface area contributed by atoms with Crippen LogP contribution in [-0.2, 0) is 26.2 Å². The highest BCUT2D eigenvalue weighted by atomic mass is 35.5. The summed E-state index contributed by atoms with van der Waals surface area (Å²) in [6, 6.07) is 18.9. The van der Waals surface area contributed by atoms with Crippen molar-refractivity contribution < 1.29 is 27.5 Å². The second kappa shape index (κ2) is 15.3. The predicted molar refractivity (Wildman–Crippen MR) is 172 cm³/mol. The van der Waals surface area contributed by atoms with Gasteiger partial charge < -0.3 is 19.7 Å². The number of carbonyl (C=O) groups is 2. The van der Waals surface area contributed by atoms with Crippen molar-refractivity contribution in [2.75, 3.05) is 25.1 Å². The first kappa shape index (κ1) is 33.1. The van der Waals surface area contributed by atoms with Crippen LogP contribution in [0.4, 0.5) is 5.69 Å². The average Bonchev–Trinajstić information content (AvgIpc) is 3.04. The van der Waals surface area contributed by atoms with Crippen LogP contribution in [0.5, 0.6) is 11.5 Å². The lowest BCUT2D eigenvalue weighted by Gasteiger charge is -2.34. The van der Waals surface area contributed by atoms with Crippen LogP contribution in [0, 0.1) is 0 Å². The van der Waals surface area contributed by atoms with E-state index in [9.17, 15) is 18.0 Å². The average molecular weight is 642 g/mol. The summed E-state index contributed by atoms with van der Waals surface area (Å²) in [6.45, 7) is 1.37. The van der Waals surface area contributed by atoms with Crippen LogP contribution in [0.3, 0.4) is 0 Å². The first-order valence-corrected chi connectivity index (χ1v) is 16.6. The second-order valence-electron chi connectivity index (χ2n) is 10.8. The minimum atomic E-state index is -4.21. The summed E-state index contributed by atoms with van der Waals surface area (Å²) < 4.78 is 39.7. The van der Waals surface area contributed by atoms with Gasteiger partial charge >= 0.3 is 0 Å². The van der Waals surface area contributed by atoms with Crippen molar-refractivity contribution in [1.82, 2.24) is 10.2 Å². The quantitative estimate of drug-likeness (QED) is 0.253. The lowest BCUT2D eigenvalue weighted by Crippen LogP contribution is -2.54. The summed E-state index contributed by atoms with van der Waals surface area (Å²) in [5.41, 5.74) is 0.931. The van der Waals surface area contributed by atoms with Crippen LogP contribution < -0.4 is 19.1 Å². The van der Waals surface area contributed by atoms with E-state index >= 15 is 0 Å². The molecule has 9 nitrogen and oxygen atoms in total. The van der Waals surface area contributed by atoms with Crippen LogP contribution in [0.25, 0.3) is 0 Å². The molecule has 1 aliphatic rings. The third-order valence-corrected chi connectivity index (χ3v) is 9.94. The second-order valence-corrected chi connectivity index (χ2v) is 13.1. The summed E-state index contributed by atoms with van der Waals surface area (Å²) in [5.74, 6) is 0.185. The molecule has 3 aromatic carbocycles. The van der Waals surface area contributed by atoms with Crippen LogP contribution in [0.15, 0.2) is 77.7 Å². The molecule has 4 rings (SSSR count). The molecule has 0 unspecified atom stereocenters. The number of carbonyl (C=O) groups excluding carboxylic acids is 2. The number of amides is 2. The van der Waals surface area contributed by atoms with E-state index in [1.54, 1.807) is 43.5 Å². The molecule has 11 heteroatoms. The molecule has 3 aromatic rings. The van der Waals surface area contributed by atoms with Crippen molar-refractivity contribution in [3.05, 3.63) is 83.4 Å². The Bertz CT molecular complexity index is 1530. The molecular formula is C33H40ClN3O6S. The van der Waals surface area contributed by atoms with Gasteiger partial charge in [0.05, 0.1) is 29.8 Å². The Morgan fingerprint density at radius 3 is 2.32 bits per heavy atom. The van der Waals surface area contributed by atoms with E-state index in [0.29, 0.717) is 17.9 Å². The first-order valence-electron chi connectivity index (χ1n) is 14.8. The number of anilines is 1. The van der Waals surface area contributed by atoms with Gasteiger partial charge in [-0.1, -0.05) is 68.1 Å². The van der Waals surface area contributed by atoms with Gasteiger partial charge in [0.15, 0.2) is 0 Å². The summed E-state index contributed by atoms with van der Waals surface area (Å²) in [5, 5.41) is 3.35. The molecular weight excluding hydrogens is 602 g/mol. The van der Waals surface area contributed by atoms with Gasteiger partial charge in [0, 0.05) is 12.6 Å². The van der Waals surface area contributed by atoms with Gasteiger partial charge in [0.2, 0.25) is 11.8 Å². The predicted octanol–water partition coefficient (Wildman–Crippen LogP) is 5.81. The fraction of sp³-hybridized carbons (Fsp3) is 0.394. The number of hydrogen-bond acceptors (Lipinski definition) is 6. The number of hydrogen-bond donors (Lipinski definition) is 1. The maximum absolute atomic E-state index is 14.3. The smallest absolute Gasteiger partial charge is 0.264 e. The molecule has 44 heavy (non-hydrogen) atoms. The molecule has 0 bridgehead atoms. The third-order valence-electron chi connectivity index (χ3n) is 7.86. The molecule has 1 saturated carbocycles. The number of ether oxygens (including phenoxy) is 2. The Hall–Kier alpha value is -3.76. The van der Waals surface area contributed by atoms with Crippen molar-refractivity contribution in [3.63, 3.8) is 0 Å². The zero-order valence-corrected chi connectivity index (χ0v) is 26.9. The molecule has 1 fully saturated rings. The van der Waals surface area contributed by atoms with E-state index in [1.807, 2.05) is 19.1 Å². The van der Waals surface area contributed by atoms with E-state index in [2.05, 4.69) is 5.32 Å². The lowest BCUT2D eigenvalue weighted by atomic mass is 9.95. The van der Waals surface area contributed by atoms with Gasteiger partial charge in [-0.15, -0.1) is 0 Å². The molecule has 0 aliphatic heterocycles. The topological polar surface area (TPSA) is 105 Å². The van der Waals surface area contributed by atoms with E-state index in [-0.39, 0.29) is 34.1 Å². The Morgan fingerprint density at radius 2 is 1.68 bits per heavy atom. The summed E-state index contributed by atoms with van der Waals surface area (Å²) >= 11 is 6.41. The third kappa shape index (κ3) is 8.04. The van der Waals surface area contributed by atoms with Crippen molar-refractivity contribution in [2.45, 2.75) is 69.0 Å². The normalized spacial score (nSPS) is 14.4. The minimum Gasteiger partial charge on any atom is -0.497 e. The van der Waals surface area contributed by atoms with E-state index in [1.165, 1.54) is 36.3 Å². The van der Waals surface area contributed by atoms with Crippen molar-refractivity contribution in [2.24, 2.45) is 0 Å². The van der Waals surface area contributed by atoms with Gasteiger partial charge in [0.25, 0.3) is 10.0 Å². The highest BCUT2D eigenvalue weighted by Crippen LogP contribution is 2.32. The lowest BCUT2D eigenvalue weighted by molar-refractivity contribution is -0.140. The molecule has 1 atom stereocenters. The van der Waals surface area contributed by atoms with Crippen LogP contribution in [0.2, 0.25) is 5.02 Å². The monoisotopic (exact) mass is 641 g/mol. The maximum atomic E-state index is 14.3. The minimum absolute atomic E-state index is 0.0150. The zero-order chi connectivity index (χ0) is 31.7. The molecule has 0 radical (unpaired) electrons. The Labute approximate surface area is 265 Å². The molecule has 1 aliphatic carbocycles. The summed E-state index contributed by atoms with van der Waals surface area (Å²) in [4.78, 5) is 29.5. The first-order chi connectivity index (χ1) is 21.2. The number of nitrogens with one attached hydrogen (secondary N) is 1. The van der Waals surface area contributed by atoms with Gasteiger partial charge in [-0.3, -0.25) is 13.9 Å². The number of benzene rings is 3. The number of halogens is 1. The van der Waals surface area contributed by atoms with Crippen molar-refractivity contribution >= 4 is 39.1 Å². The van der Waals surface area contributed by atoms with E-state index in [4.69, 9.17) is 21.1 Å². The Kier molecular flexibility index (Phi) is 11.5. The van der Waals surface area contributed by atoms with E-state index < -0.39 is 28.5 Å². The fourth-order valence-corrected chi connectivity index (χ4v) is 7.17. The number of methoxy groups -OCH3 is 2. The summed E-state index contributed by atoms with van der Waals surface area (Å²) in [7, 11) is -1.19. The van der Waals surface area contributed by atoms with Gasteiger partial charge in [0.1, 0.15) is 24.1 Å². The number of nitrogens with zero attached hydrogens (tertiary/aromatic N) is 2. The van der Waals surface area contributed by atoms with Gasteiger partial charge in [-0.2, -0.15) is 0 Å². The highest BCUT2D eigenvalue weighted by molar-refractivity contribution is 7.92. The number of rotatable bonds is 13. The maximum Gasteiger partial charge on any atom is 0.264 e. The Morgan fingerprint density at radius 1 is 0.955 bits per heavy atom. The standard InChI is InChI=1S/C33H40ClN3O6S/c1-4-30(33(39)35-25-13-7-5-8-14-25)36(22-24-12-11-15-27(20-24)42-2)32(38)23-37(26-18-19-31(43-3)29(34)21-26)44(40,41)28-16-9-6-10-17-28/h6,9-12,15-21,25,30H,4-5,7-8,13-14,22-23H2,1-3H3,(H,35,39)/t30-/m1/s1. The molecule has 0 heterocycles. The van der Waals surface area contributed by atoms with Crippen LogP contribution >= 0.6 is 11.6 Å². The largest absolute Gasteiger partial charge is 0.497 e. The van der Waals surface area contributed by atoms with Crippen LogP contribution in [0.1, 0.15) is 51.0 Å². The van der Waals surface area contributed by atoms with E-state index in [0.717, 1.165) is 42.0 Å². The highest BCUT2D eigenvalue weighted by Gasteiger charge is 2.34. The fourth-order valence-electron chi connectivity index (χ4n) is 5.49. The molecule has 0 spiro atoms. The van der Waals surface area contributed by atoms with Crippen molar-refractivity contribution in [3.8, 4) is 11.5 Å². The molecule has 1 N–H and O–H groups in total. The van der Waals surface area contributed by atoms with Gasteiger partial charge in [-0.25, -0.2) is 8.42 Å². The molecule has 0 saturated heterocycles. The molecule has 0 aromatic heterocycles. The van der Waals surface area contributed by atoms with Crippen molar-refractivity contribution in [1.29, 1.82) is 0 Å². The Balaban J connectivity index is 1.73. The molecule has 236 valence electrons. The summed E-state index contributed by atoms with van der Waals surface area (Å²) in [6.07, 6.45) is 5.37. The number of sulfonamides is 1. The van der Waals surface area contributed by atoms with Gasteiger partial charge in [-0.05, 0) is 67.3 Å². The van der Waals surface area contributed by atoms with Crippen LogP contribution in [-0.4, -0.2) is 58.0 Å².